The number of aliphatic hydroxyl groups is 1. The van der Waals surface area contributed by atoms with Crippen molar-refractivity contribution in [1.29, 1.82) is 0 Å². The monoisotopic (exact) mass is 442 g/mol. The van der Waals surface area contributed by atoms with Gasteiger partial charge in [0, 0.05) is 0 Å². The quantitative estimate of drug-likeness (QED) is 0.357. The second-order valence-corrected chi connectivity index (χ2v) is 14.5. The first-order chi connectivity index (χ1) is 14.8. The Hall–Kier alpha value is -0.340. The molecule has 182 valence electrons. The highest BCUT2D eigenvalue weighted by molar-refractivity contribution is 5.38. The van der Waals surface area contributed by atoms with E-state index in [1.54, 1.807) is 0 Å². The highest BCUT2D eigenvalue weighted by Gasteiger charge is 2.63. The molecule has 32 heavy (non-hydrogen) atoms. The molecule has 4 aliphatic carbocycles. The highest BCUT2D eigenvalue weighted by Crippen LogP contribution is 2.72. The lowest BCUT2D eigenvalue weighted by molar-refractivity contribution is -0.0962. The van der Waals surface area contributed by atoms with Crippen molar-refractivity contribution in [1.82, 2.24) is 0 Å². The molecule has 5 rings (SSSR count). The van der Waals surface area contributed by atoms with Crippen LogP contribution in [0.15, 0.2) is 11.1 Å². The van der Waals surface area contributed by atoms with E-state index in [-0.39, 0.29) is 17.1 Å². The Bertz CT molecular complexity index is 808. The molecule has 5 aliphatic rings. The molecule has 0 spiro atoms. The van der Waals surface area contributed by atoms with Crippen molar-refractivity contribution >= 4 is 0 Å². The van der Waals surface area contributed by atoms with Gasteiger partial charge in [0.05, 0.1) is 17.8 Å². The Morgan fingerprint density at radius 3 is 2.25 bits per heavy atom. The number of allylic oxidation sites excluding steroid dienone is 2. The van der Waals surface area contributed by atoms with E-state index in [1.807, 2.05) is 11.1 Å². The summed E-state index contributed by atoms with van der Waals surface area (Å²) in [4.78, 5) is 0. The molecule has 3 unspecified atom stereocenters. The van der Waals surface area contributed by atoms with E-state index in [2.05, 4.69) is 55.4 Å². The predicted octanol–water partition coefficient (Wildman–Crippen LogP) is 7.69. The van der Waals surface area contributed by atoms with Crippen LogP contribution in [-0.4, -0.2) is 22.9 Å². The Kier molecular flexibility index (Phi) is 5.19. The maximum absolute atomic E-state index is 10.8. The topological polar surface area (TPSA) is 32.8 Å². The van der Waals surface area contributed by atoms with Gasteiger partial charge in [0.15, 0.2) is 0 Å². The van der Waals surface area contributed by atoms with E-state index in [9.17, 15) is 5.11 Å². The third-order valence-electron chi connectivity index (χ3n) is 12.5. The predicted molar refractivity (Wildman–Crippen MR) is 132 cm³/mol. The average molecular weight is 443 g/mol. The lowest BCUT2D eigenvalue weighted by Crippen LogP contribution is -2.55. The van der Waals surface area contributed by atoms with E-state index >= 15 is 0 Å². The molecule has 0 aromatic carbocycles. The van der Waals surface area contributed by atoms with Gasteiger partial charge in [0.2, 0.25) is 0 Å². The summed E-state index contributed by atoms with van der Waals surface area (Å²) in [5.41, 5.74) is 5.01. The van der Waals surface area contributed by atoms with Crippen molar-refractivity contribution in [2.24, 2.45) is 39.4 Å². The van der Waals surface area contributed by atoms with Crippen molar-refractivity contribution in [2.45, 2.75) is 137 Å². The molecule has 1 N–H and O–H groups in total. The first-order valence-corrected chi connectivity index (χ1v) is 13.9. The van der Waals surface area contributed by atoms with Gasteiger partial charge in [0.25, 0.3) is 0 Å². The first-order valence-electron chi connectivity index (χ1n) is 13.9. The summed E-state index contributed by atoms with van der Waals surface area (Å²) in [6, 6.07) is 0. The molecule has 2 saturated carbocycles. The molecule has 2 heteroatoms. The number of epoxide rings is 1. The lowest BCUT2D eigenvalue weighted by atomic mass is 9.43. The average Bonchev–Trinajstić information content (AvgIpc) is 3.22. The van der Waals surface area contributed by atoms with E-state index in [1.165, 1.54) is 57.8 Å². The van der Waals surface area contributed by atoms with Crippen LogP contribution in [0.5, 0.6) is 0 Å². The van der Waals surface area contributed by atoms with Gasteiger partial charge in [-0.2, -0.15) is 0 Å². The normalized spacial score (nSPS) is 49.8. The minimum atomic E-state index is -0.135. The number of rotatable bonds is 4. The second-order valence-electron chi connectivity index (χ2n) is 14.5. The fraction of sp³-hybridized carbons (Fsp3) is 0.933. The van der Waals surface area contributed by atoms with Crippen molar-refractivity contribution in [2.75, 3.05) is 0 Å². The van der Waals surface area contributed by atoms with Crippen LogP contribution in [0.2, 0.25) is 0 Å². The van der Waals surface area contributed by atoms with Crippen molar-refractivity contribution in [3.63, 3.8) is 0 Å². The van der Waals surface area contributed by atoms with Crippen molar-refractivity contribution in [3.8, 4) is 0 Å². The van der Waals surface area contributed by atoms with Gasteiger partial charge in [-0.1, -0.05) is 52.7 Å². The number of ether oxygens (including phenoxy) is 1. The van der Waals surface area contributed by atoms with Gasteiger partial charge in [0.1, 0.15) is 0 Å². The summed E-state index contributed by atoms with van der Waals surface area (Å²) < 4.78 is 5.90. The smallest absolute Gasteiger partial charge is 0.0892 e. The minimum absolute atomic E-state index is 0.0402. The van der Waals surface area contributed by atoms with Crippen LogP contribution in [0.4, 0.5) is 0 Å². The molecule has 1 saturated heterocycles. The number of hydrogen-bond acceptors (Lipinski definition) is 2. The lowest BCUT2D eigenvalue weighted by Gasteiger charge is -2.62. The molecule has 8 atom stereocenters. The van der Waals surface area contributed by atoms with Gasteiger partial charge < -0.3 is 9.84 Å². The molecular formula is C30H50O2. The third-order valence-corrected chi connectivity index (χ3v) is 12.5. The van der Waals surface area contributed by atoms with E-state index < -0.39 is 0 Å². The van der Waals surface area contributed by atoms with Gasteiger partial charge in [-0.05, 0) is 117 Å². The maximum Gasteiger partial charge on any atom is 0.0892 e. The molecular weight excluding hydrogens is 392 g/mol. The second kappa shape index (κ2) is 7.09. The zero-order chi connectivity index (χ0) is 23.3. The van der Waals surface area contributed by atoms with Crippen LogP contribution < -0.4 is 0 Å². The largest absolute Gasteiger partial charge is 0.393 e. The number of fused-ring (bicyclic) bond motifs is 4. The third kappa shape index (κ3) is 3.03. The molecule has 3 fully saturated rings. The molecule has 0 radical (unpaired) electrons. The van der Waals surface area contributed by atoms with Crippen LogP contribution >= 0.6 is 0 Å². The fourth-order valence-electron chi connectivity index (χ4n) is 9.98. The van der Waals surface area contributed by atoms with Crippen LogP contribution in [-0.2, 0) is 4.74 Å². The summed E-state index contributed by atoms with van der Waals surface area (Å²) in [5.74, 6) is 2.27. The van der Waals surface area contributed by atoms with E-state index in [4.69, 9.17) is 4.74 Å². The molecule has 0 bridgehead atoms. The summed E-state index contributed by atoms with van der Waals surface area (Å²) in [7, 11) is 0. The first kappa shape index (κ1) is 23.4. The Balaban J connectivity index is 1.41. The molecule has 0 amide bonds. The minimum Gasteiger partial charge on any atom is -0.393 e. The van der Waals surface area contributed by atoms with Crippen molar-refractivity contribution in [3.05, 3.63) is 11.1 Å². The highest BCUT2D eigenvalue weighted by atomic mass is 16.6. The maximum atomic E-state index is 10.8. The van der Waals surface area contributed by atoms with Gasteiger partial charge in [-0.15, -0.1) is 0 Å². The SMILES string of the molecule is CC(CCC1OC1(C)C)C1CC[C@@]2(C)C3=C(CC[C@]12C)[C@@]1(C)CC[C@H](O)C(C)(C)[C@@H]1CC3. The van der Waals surface area contributed by atoms with Crippen LogP contribution in [0.1, 0.15) is 120 Å². The molecule has 0 aromatic rings. The van der Waals surface area contributed by atoms with Crippen LogP contribution in [0, 0.1) is 39.4 Å². The van der Waals surface area contributed by atoms with Gasteiger partial charge in [-0.3, -0.25) is 0 Å². The van der Waals surface area contributed by atoms with Gasteiger partial charge in [-0.25, -0.2) is 0 Å². The fourth-order valence-corrected chi connectivity index (χ4v) is 9.98. The molecule has 1 aliphatic heterocycles. The summed E-state index contributed by atoms with van der Waals surface area (Å²) in [6.45, 7) is 19.6. The summed E-state index contributed by atoms with van der Waals surface area (Å²) in [5, 5.41) is 10.8. The molecule has 1 heterocycles. The Labute approximate surface area is 198 Å². The van der Waals surface area contributed by atoms with Crippen LogP contribution in [0.25, 0.3) is 0 Å². The number of hydrogen-bond donors (Lipinski definition) is 1. The number of aliphatic hydroxyl groups excluding tert-OH is 1. The zero-order valence-corrected chi connectivity index (χ0v) is 22.3. The molecule has 0 aromatic heterocycles. The summed E-state index contributed by atoms with van der Waals surface area (Å²) in [6.07, 6.45) is 13.1. The Morgan fingerprint density at radius 1 is 0.906 bits per heavy atom. The van der Waals surface area contributed by atoms with E-state index in [0.717, 1.165) is 18.3 Å². The van der Waals surface area contributed by atoms with Gasteiger partial charge >= 0.3 is 0 Å². The summed E-state index contributed by atoms with van der Waals surface area (Å²) >= 11 is 0. The zero-order valence-electron chi connectivity index (χ0n) is 22.3. The molecule has 2 nitrogen and oxygen atoms in total. The van der Waals surface area contributed by atoms with Crippen molar-refractivity contribution < 1.29 is 9.84 Å². The standard InChI is InChI=1S/C30H50O2/c1-19(9-12-25-27(4,5)32-25)20-13-17-30(8)22-10-11-23-26(2,3)24(31)15-16-28(23,6)21(22)14-18-29(20,30)7/h19-20,23-25,31H,9-18H2,1-8H3/t19?,20?,23-,24-,25?,28+,29+,30-/m0/s1. The van der Waals surface area contributed by atoms with Crippen LogP contribution in [0.3, 0.4) is 0 Å². The Morgan fingerprint density at radius 2 is 1.59 bits per heavy atom. The van der Waals surface area contributed by atoms with E-state index in [0.29, 0.717) is 28.3 Å².